The van der Waals surface area contributed by atoms with E-state index in [1.807, 2.05) is 13.8 Å². The third-order valence-corrected chi connectivity index (χ3v) is 19.3. The van der Waals surface area contributed by atoms with Gasteiger partial charge >= 0.3 is 0 Å². The maximum Gasteiger partial charge on any atom is 0.147 e. The molecule has 2 aliphatic carbocycles. The van der Waals surface area contributed by atoms with Crippen LogP contribution in [0.25, 0.3) is 78.7 Å². The van der Waals surface area contributed by atoms with Crippen molar-refractivity contribution in [3.63, 3.8) is 0 Å². The minimum atomic E-state index is -0.431. The number of hydrogen-bond donors (Lipinski definition) is 2. The van der Waals surface area contributed by atoms with E-state index in [9.17, 15) is 10.2 Å². The van der Waals surface area contributed by atoms with Crippen molar-refractivity contribution in [3.05, 3.63) is 151 Å². The molecule has 2 heterocycles. The Morgan fingerprint density at radius 2 is 0.835 bits per heavy atom. The van der Waals surface area contributed by atoms with Crippen LogP contribution in [0, 0.1) is 48.1 Å². The summed E-state index contributed by atoms with van der Waals surface area (Å²) < 4.78 is 50.8. The summed E-state index contributed by atoms with van der Waals surface area (Å²) >= 11 is 0. The van der Waals surface area contributed by atoms with Crippen LogP contribution in [-0.2, 0) is 21.7 Å². The summed E-state index contributed by atoms with van der Waals surface area (Å²) in [4.78, 5) is 0. The van der Waals surface area contributed by atoms with Gasteiger partial charge in [-0.3, -0.25) is 0 Å². The van der Waals surface area contributed by atoms with E-state index < -0.39 is 11.6 Å². The summed E-state index contributed by atoms with van der Waals surface area (Å²) in [6.45, 7) is 49.1. The molecule has 0 fully saturated rings. The van der Waals surface area contributed by atoms with Gasteiger partial charge in [0.2, 0.25) is 0 Å². The third kappa shape index (κ3) is 13.2. The molecule has 8 aromatic rings. The highest BCUT2D eigenvalue weighted by molar-refractivity contribution is 5.91. The average molecular weight is 1230 g/mol. The maximum absolute atomic E-state index is 16.3. The van der Waals surface area contributed by atoms with Crippen molar-refractivity contribution in [2.75, 3.05) is 13.2 Å². The number of hydrogen-bond acceptors (Lipinski definition) is 4. The molecule has 0 radical (unpaired) electrons. The molecule has 10 rings (SSSR count). The van der Waals surface area contributed by atoms with Gasteiger partial charge in [0, 0.05) is 49.9 Å². The van der Waals surface area contributed by atoms with E-state index >= 15 is 8.78 Å². The summed E-state index contributed by atoms with van der Waals surface area (Å²) in [5.74, 6) is 0.743. The zero-order valence-electron chi connectivity index (χ0n) is 59.1. The van der Waals surface area contributed by atoms with E-state index in [4.69, 9.17) is 9.47 Å². The number of rotatable bonds is 16. The van der Waals surface area contributed by atoms with Crippen molar-refractivity contribution in [1.82, 2.24) is 9.13 Å². The molecule has 0 spiro atoms. The smallest absolute Gasteiger partial charge is 0.147 e. The van der Waals surface area contributed by atoms with Crippen molar-refractivity contribution in [3.8, 4) is 56.6 Å². The number of aryl methyl sites for hydroxylation is 2. The highest BCUT2D eigenvalue weighted by Gasteiger charge is 2.34. The minimum Gasteiger partial charge on any atom is -0.505 e. The Balaban J connectivity index is 1.07. The molecule has 0 amide bonds. The first-order valence-electron chi connectivity index (χ1n) is 33.7. The van der Waals surface area contributed by atoms with Crippen molar-refractivity contribution in [2.45, 2.75) is 219 Å². The lowest BCUT2D eigenvalue weighted by atomic mass is 9.71. The van der Waals surface area contributed by atoms with Crippen LogP contribution >= 0.6 is 0 Å². The Morgan fingerprint density at radius 1 is 0.473 bits per heavy atom. The van der Waals surface area contributed by atoms with Crippen LogP contribution in [0.2, 0.25) is 0 Å². The van der Waals surface area contributed by atoms with Crippen molar-refractivity contribution >= 4 is 45.1 Å². The van der Waals surface area contributed by atoms with Gasteiger partial charge in [0.1, 0.15) is 34.6 Å². The summed E-state index contributed by atoms with van der Waals surface area (Å²) in [5.41, 5.74) is 12.6. The predicted octanol–water partition coefficient (Wildman–Crippen LogP) is 19.8. The van der Waals surface area contributed by atoms with Gasteiger partial charge in [-0.15, -0.1) is 0 Å². The van der Waals surface area contributed by atoms with Crippen molar-refractivity contribution in [1.29, 1.82) is 0 Å². The number of nitrogens with zero attached hydrogens (tertiary/aromatic N) is 2. The third-order valence-electron chi connectivity index (χ3n) is 19.3. The van der Waals surface area contributed by atoms with Gasteiger partial charge in [-0.2, -0.15) is 0 Å². The maximum atomic E-state index is 16.3. The second kappa shape index (κ2) is 24.1. The highest BCUT2D eigenvalue weighted by Crippen LogP contribution is 2.49. The molecule has 2 aromatic heterocycles. The van der Waals surface area contributed by atoms with Crippen LogP contribution in [0.4, 0.5) is 8.78 Å². The number of halogens is 2. The van der Waals surface area contributed by atoms with E-state index in [2.05, 4.69) is 220 Å². The molecule has 6 nitrogen and oxygen atoms in total. The van der Waals surface area contributed by atoms with Crippen LogP contribution in [-0.4, -0.2) is 32.6 Å². The van der Waals surface area contributed by atoms with Crippen LogP contribution in [0.5, 0.6) is 23.0 Å². The molecular weight excluding hydrogens is 1130 g/mol. The summed E-state index contributed by atoms with van der Waals surface area (Å²) in [6.07, 6.45) is 10.6. The number of aromatic nitrogens is 2. The molecule has 2 unspecified atom stereocenters. The number of fused-ring (bicyclic) bond motifs is 6. The Bertz CT molecular complexity index is 4160. The first kappa shape index (κ1) is 66.8. The summed E-state index contributed by atoms with van der Waals surface area (Å²) in [7, 11) is 0. The van der Waals surface area contributed by atoms with E-state index in [-0.39, 0.29) is 69.0 Å². The monoisotopic (exact) mass is 1230 g/mol. The molecule has 0 aliphatic heterocycles. The zero-order valence-corrected chi connectivity index (χ0v) is 59.1. The fourth-order valence-electron chi connectivity index (χ4n) is 15.7. The number of benzene rings is 6. The first-order valence-corrected chi connectivity index (χ1v) is 33.7. The van der Waals surface area contributed by atoms with Gasteiger partial charge in [0.05, 0.1) is 46.3 Å². The fourth-order valence-corrected chi connectivity index (χ4v) is 15.7. The van der Waals surface area contributed by atoms with Crippen LogP contribution in [0.3, 0.4) is 0 Å². The molecule has 484 valence electrons. The predicted molar refractivity (Wildman–Crippen MR) is 380 cm³/mol. The second-order valence-electron chi connectivity index (χ2n) is 33.0. The van der Waals surface area contributed by atoms with Crippen LogP contribution in [0.15, 0.2) is 84.9 Å². The number of phenols is 2. The van der Waals surface area contributed by atoms with Gasteiger partial charge in [-0.05, 0) is 191 Å². The standard InChI is InChI=1S/C83H104F2N2O4/c1-23-52-32-48(3)34-68-72(52)60-28-26-54(80(13,14)15)40-66(60)86(68)70-42-56(82(19,20)46-78(7,8)9)38-62(74(70)88)64-44-58(84)36-50(5)76(64)90-30-25-31-91-77-51(6)37-59(85)45-65(77)63-39-57(83(21,22)47-79(10,11)12)43-71(75(63)89)87-67-41-55(81(16,17)18)27-29-61(67)73-53(24-2)33-49(4)35-69(73)87/h26-29,34-45,48-49,88-89H,23-25,30-33,46-47H2,1-22H3. The fraction of sp³-hybridized carbons (Fsp3) is 0.470. The second-order valence-corrected chi connectivity index (χ2v) is 33.0. The largest absolute Gasteiger partial charge is 0.505 e. The van der Waals surface area contributed by atoms with E-state index in [0.29, 0.717) is 62.7 Å². The van der Waals surface area contributed by atoms with Gasteiger partial charge in [-0.1, -0.05) is 186 Å². The number of aromatic hydroxyl groups is 2. The molecule has 91 heavy (non-hydrogen) atoms. The topological polar surface area (TPSA) is 68.8 Å². The molecule has 2 N–H and O–H groups in total. The lowest BCUT2D eigenvalue weighted by Gasteiger charge is -2.34. The van der Waals surface area contributed by atoms with Crippen LogP contribution < -0.4 is 30.6 Å². The quantitative estimate of drug-likeness (QED) is 0.0946. The molecule has 8 heteroatoms. The minimum absolute atomic E-state index is 0.0315. The summed E-state index contributed by atoms with van der Waals surface area (Å²) in [6, 6.07) is 28.1. The Kier molecular flexibility index (Phi) is 17.7. The SMILES string of the molecule is CCC1=c2c(n(-c3cc(C(C)(C)CC(C)(C)C)cc(-c4cc(F)cc(C)c4OCCCOc4c(C)cc(F)cc4-c4cc(C(C)(C)CC(C)(C)C)cc(-n5c6c(c7ccc(C(C)(C)C)cc75)=C(CC)CC(C)C=6)c4O)c3O)c3cc(C(C)(C)C)ccc23)=CC(C)C1. The van der Waals surface area contributed by atoms with E-state index in [1.165, 1.54) is 57.0 Å². The molecule has 0 saturated heterocycles. The molecule has 6 aromatic carbocycles. The average Bonchev–Trinajstić information content (AvgIpc) is 1.61. The molecule has 0 bridgehead atoms. The molecular formula is C83H104F2N2O4. The Hall–Kier alpha value is -7.06. The van der Waals surface area contributed by atoms with Gasteiger partial charge in [-0.25, -0.2) is 8.78 Å². The van der Waals surface area contributed by atoms with E-state index in [0.717, 1.165) is 82.2 Å². The van der Waals surface area contributed by atoms with Crippen molar-refractivity contribution in [2.24, 2.45) is 22.7 Å². The number of phenolic OH excluding ortho intramolecular Hbond substituents is 2. The first-order chi connectivity index (χ1) is 42.3. The number of ether oxygens (including phenoxy) is 2. The van der Waals surface area contributed by atoms with Crippen LogP contribution in [0.1, 0.15) is 217 Å². The lowest BCUT2D eigenvalue weighted by molar-refractivity contribution is 0.246. The van der Waals surface area contributed by atoms with Crippen molar-refractivity contribution < 1.29 is 28.5 Å². The Labute approximate surface area is 542 Å². The van der Waals surface area contributed by atoms with Gasteiger partial charge < -0.3 is 28.8 Å². The van der Waals surface area contributed by atoms with Gasteiger partial charge in [0.15, 0.2) is 0 Å². The lowest BCUT2D eigenvalue weighted by Crippen LogP contribution is -2.34. The Morgan fingerprint density at radius 3 is 1.16 bits per heavy atom. The summed E-state index contributed by atoms with van der Waals surface area (Å²) in [5, 5.41) is 33.3. The molecule has 0 saturated carbocycles. The molecule has 2 aliphatic rings. The highest BCUT2D eigenvalue weighted by atomic mass is 19.1. The van der Waals surface area contributed by atoms with E-state index in [1.54, 1.807) is 0 Å². The molecule has 2 atom stereocenters. The van der Waals surface area contributed by atoms with Gasteiger partial charge in [0.25, 0.3) is 0 Å². The zero-order chi connectivity index (χ0) is 66.6. The normalized spacial score (nSPS) is 15.9.